The highest BCUT2D eigenvalue weighted by molar-refractivity contribution is 5.75. The Hall–Kier alpha value is -0.570. The van der Waals surface area contributed by atoms with Crippen molar-refractivity contribution in [2.75, 3.05) is 6.54 Å². The van der Waals surface area contributed by atoms with E-state index in [1.54, 1.807) is 0 Å². The average Bonchev–Trinajstić information content (AvgIpc) is 2.95. The standard InChI is InChI=1S/C14H25NO2/c16-13(8-7-12-5-1-2-6-12)15-11-14(17)9-3-4-10-14/h12,17H,1-11H2,(H,15,16). The third-order valence-electron chi connectivity index (χ3n) is 4.40. The molecule has 0 aromatic rings. The fourth-order valence-electron chi connectivity index (χ4n) is 3.20. The molecule has 3 nitrogen and oxygen atoms in total. The van der Waals surface area contributed by atoms with E-state index in [-0.39, 0.29) is 5.91 Å². The third-order valence-corrected chi connectivity index (χ3v) is 4.40. The molecule has 2 N–H and O–H groups in total. The normalized spacial score (nSPS) is 24.1. The number of carbonyl (C=O) groups excluding carboxylic acids is 1. The van der Waals surface area contributed by atoms with Gasteiger partial charge in [0.15, 0.2) is 0 Å². The lowest BCUT2D eigenvalue weighted by atomic mass is 10.0. The van der Waals surface area contributed by atoms with Crippen LogP contribution in [0.5, 0.6) is 0 Å². The molecule has 2 aliphatic carbocycles. The fraction of sp³-hybridized carbons (Fsp3) is 0.929. The van der Waals surface area contributed by atoms with Crippen LogP contribution < -0.4 is 5.32 Å². The second kappa shape index (κ2) is 5.85. The van der Waals surface area contributed by atoms with Crippen LogP contribution in [0.2, 0.25) is 0 Å². The van der Waals surface area contributed by atoms with Crippen LogP contribution in [0.3, 0.4) is 0 Å². The summed E-state index contributed by atoms with van der Waals surface area (Å²) < 4.78 is 0. The van der Waals surface area contributed by atoms with Crippen molar-refractivity contribution in [2.24, 2.45) is 5.92 Å². The van der Waals surface area contributed by atoms with Crippen molar-refractivity contribution in [3.63, 3.8) is 0 Å². The average molecular weight is 239 g/mol. The molecule has 0 heterocycles. The summed E-state index contributed by atoms with van der Waals surface area (Å²) in [5.74, 6) is 0.896. The monoisotopic (exact) mass is 239 g/mol. The molecule has 2 fully saturated rings. The van der Waals surface area contributed by atoms with E-state index in [4.69, 9.17) is 0 Å². The molecular formula is C14H25NO2. The van der Waals surface area contributed by atoms with Gasteiger partial charge in [-0.15, -0.1) is 0 Å². The maximum atomic E-state index is 11.7. The lowest BCUT2D eigenvalue weighted by Gasteiger charge is -2.22. The number of carbonyl (C=O) groups is 1. The zero-order chi connectivity index (χ0) is 12.1. The Morgan fingerprint density at radius 1 is 1.18 bits per heavy atom. The topological polar surface area (TPSA) is 49.3 Å². The first-order chi connectivity index (χ1) is 8.18. The van der Waals surface area contributed by atoms with Crippen LogP contribution in [0, 0.1) is 5.92 Å². The number of nitrogens with one attached hydrogen (secondary N) is 1. The van der Waals surface area contributed by atoms with Crippen molar-refractivity contribution in [1.29, 1.82) is 0 Å². The van der Waals surface area contributed by atoms with Gasteiger partial charge in [-0.3, -0.25) is 4.79 Å². The molecular weight excluding hydrogens is 214 g/mol. The molecule has 0 aliphatic heterocycles. The molecule has 2 rings (SSSR count). The Morgan fingerprint density at radius 3 is 2.47 bits per heavy atom. The van der Waals surface area contributed by atoms with Crippen molar-refractivity contribution >= 4 is 5.91 Å². The molecule has 17 heavy (non-hydrogen) atoms. The molecule has 3 heteroatoms. The van der Waals surface area contributed by atoms with Gasteiger partial charge >= 0.3 is 0 Å². The van der Waals surface area contributed by atoms with Gasteiger partial charge in [0, 0.05) is 13.0 Å². The van der Waals surface area contributed by atoms with Crippen LogP contribution >= 0.6 is 0 Å². The minimum absolute atomic E-state index is 0.122. The summed E-state index contributed by atoms with van der Waals surface area (Å²) in [7, 11) is 0. The number of aliphatic hydroxyl groups is 1. The van der Waals surface area contributed by atoms with Crippen LogP contribution in [-0.2, 0) is 4.79 Å². The van der Waals surface area contributed by atoms with E-state index in [1.807, 2.05) is 0 Å². The van der Waals surface area contributed by atoms with Gasteiger partial charge in [-0.05, 0) is 25.2 Å². The molecule has 0 unspecified atom stereocenters. The zero-order valence-corrected chi connectivity index (χ0v) is 10.7. The minimum Gasteiger partial charge on any atom is -0.388 e. The second-order valence-corrected chi connectivity index (χ2v) is 5.90. The van der Waals surface area contributed by atoms with Gasteiger partial charge in [-0.1, -0.05) is 38.5 Å². The minimum atomic E-state index is -0.608. The molecule has 2 aliphatic rings. The van der Waals surface area contributed by atoms with E-state index in [0.29, 0.717) is 13.0 Å². The largest absolute Gasteiger partial charge is 0.388 e. The Bertz CT molecular complexity index is 253. The molecule has 98 valence electrons. The van der Waals surface area contributed by atoms with Gasteiger partial charge in [-0.25, -0.2) is 0 Å². The summed E-state index contributed by atoms with van der Waals surface area (Å²) >= 11 is 0. The Balaban J connectivity index is 1.60. The number of hydrogen-bond donors (Lipinski definition) is 2. The number of rotatable bonds is 5. The van der Waals surface area contributed by atoms with Crippen molar-refractivity contribution in [3.05, 3.63) is 0 Å². The smallest absolute Gasteiger partial charge is 0.220 e. The molecule has 2 saturated carbocycles. The summed E-state index contributed by atoms with van der Waals surface area (Å²) in [6.45, 7) is 0.455. The SMILES string of the molecule is O=C(CCC1CCCC1)NCC1(O)CCCC1. The predicted octanol–water partition coefficient (Wildman–Crippen LogP) is 2.38. The van der Waals surface area contributed by atoms with E-state index >= 15 is 0 Å². The van der Waals surface area contributed by atoms with E-state index in [9.17, 15) is 9.90 Å². The highest BCUT2D eigenvalue weighted by atomic mass is 16.3. The summed E-state index contributed by atoms with van der Waals surface area (Å²) in [5.41, 5.74) is -0.608. The maximum Gasteiger partial charge on any atom is 0.220 e. The Labute approximate surface area is 104 Å². The van der Waals surface area contributed by atoms with Gasteiger partial charge in [0.1, 0.15) is 0 Å². The summed E-state index contributed by atoms with van der Waals surface area (Å²) in [6, 6.07) is 0. The molecule has 0 atom stereocenters. The van der Waals surface area contributed by atoms with E-state index in [1.165, 1.54) is 25.7 Å². The third kappa shape index (κ3) is 3.98. The zero-order valence-electron chi connectivity index (χ0n) is 10.7. The van der Waals surface area contributed by atoms with E-state index in [0.717, 1.165) is 38.0 Å². The fourth-order valence-corrected chi connectivity index (χ4v) is 3.20. The van der Waals surface area contributed by atoms with Gasteiger partial charge in [0.25, 0.3) is 0 Å². The number of amides is 1. The second-order valence-electron chi connectivity index (χ2n) is 5.90. The molecule has 0 bridgehead atoms. The lowest BCUT2D eigenvalue weighted by molar-refractivity contribution is -0.122. The lowest BCUT2D eigenvalue weighted by Crippen LogP contribution is -2.40. The number of hydrogen-bond acceptors (Lipinski definition) is 2. The first kappa shape index (κ1) is 12.9. The van der Waals surface area contributed by atoms with Crippen molar-refractivity contribution < 1.29 is 9.90 Å². The Morgan fingerprint density at radius 2 is 1.82 bits per heavy atom. The highest BCUT2D eigenvalue weighted by Gasteiger charge is 2.31. The predicted molar refractivity (Wildman–Crippen MR) is 67.6 cm³/mol. The van der Waals surface area contributed by atoms with Crippen LogP contribution in [0.4, 0.5) is 0 Å². The molecule has 0 saturated heterocycles. The van der Waals surface area contributed by atoms with Crippen LogP contribution in [0.25, 0.3) is 0 Å². The Kier molecular flexibility index (Phi) is 4.43. The van der Waals surface area contributed by atoms with E-state index < -0.39 is 5.60 Å². The summed E-state index contributed by atoms with van der Waals surface area (Å²) in [6.07, 6.45) is 10.8. The van der Waals surface area contributed by atoms with Gasteiger partial charge in [0.05, 0.1) is 5.60 Å². The molecule has 0 aromatic heterocycles. The molecule has 0 spiro atoms. The quantitative estimate of drug-likeness (QED) is 0.774. The first-order valence-corrected chi connectivity index (χ1v) is 7.17. The van der Waals surface area contributed by atoms with E-state index in [2.05, 4.69) is 5.32 Å². The van der Waals surface area contributed by atoms with Gasteiger partial charge in [0.2, 0.25) is 5.91 Å². The molecule has 0 radical (unpaired) electrons. The molecule has 1 amide bonds. The van der Waals surface area contributed by atoms with Crippen LogP contribution in [0.1, 0.15) is 64.2 Å². The maximum absolute atomic E-state index is 11.7. The van der Waals surface area contributed by atoms with Crippen molar-refractivity contribution in [2.45, 2.75) is 69.8 Å². The van der Waals surface area contributed by atoms with Gasteiger partial charge in [-0.2, -0.15) is 0 Å². The van der Waals surface area contributed by atoms with Crippen LogP contribution in [0.15, 0.2) is 0 Å². The molecule has 0 aromatic carbocycles. The van der Waals surface area contributed by atoms with Crippen LogP contribution in [-0.4, -0.2) is 23.2 Å². The first-order valence-electron chi connectivity index (χ1n) is 7.17. The van der Waals surface area contributed by atoms with Crippen molar-refractivity contribution in [3.8, 4) is 0 Å². The summed E-state index contributed by atoms with van der Waals surface area (Å²) in [4.78, 5) is 11.7. The van der Waals surface area contributed by atoms with Crippen molar-refractivity contribution in [1.82, 2.24) is 5.32 Å². The highest BCUT2D eigenvalue weighted by Crippen LogP contribution is 2.29. The summed E-state index contributed by atoms with van der Waals surface area (Å²) in [5, 5.41) is 13.0. The van der Waals surface area contributed by atoms with Gasteiger partial charge < -0.3 is 10.4 Å².